The van der Waals surface area contributed by atoms with Gasteiger partial charge in [0.05, 0.1) is 12.9 Å². The highest BCUT2D eigenvalue weighted by atomic mass is 35.5. The lowest BCUT2D eigenvalue weighted by Crippen LogP contribution is -2.01. The van der Waals surface area contributed by atoms with Gasteiger partial charge in [0.15, 0.2) is 11.2 Å². The van der Waals surface area contributed by atoms with E-state index < -0.39 is 0 Å². The number of ether oxygens (including phenoxy) is 1. The van der Waals surface area contributed by atoms with Crippen molar-refractivity contribution in [3.8, 4) is 11.6 Å². The van der Waals surface area contributed by atoms with Crippen LogP contribution in [0.1, 0.15) is 5.56 Å². The highest BCUT2D eigenvalue weighted by molar-refractivity contribution is 6.36. The number of halogens is 3. The number of nitrogens with zero attached hydrogens (tertiary/aromatic N) is 4. The summed E-state index contributed by atoms with van der Waals surface area (Å²) in [4.78, 5) is 12.9. The SMILES string of the molecule is Clc1ccc(Oc2ncnc3c2ncn3Cc2c(Cl)cccc2Cl)cc1. The lowest BCUT2D eigenvalue weighted by molar-refractivity contribution is 0.467. The third kappa shape index (κ3) is 3.33. The molecule has 2 heterocycles. The minimum atomic E-state index is 0.362. The summed E-state index contributed by atoms with van der Waals surface area (Å²) in [5, 5.41) is 1.81. The van der Waals surface area contributed by atoms with E-state index in [1.807, 2.05) is 4.57 Å². The van der Waals surface area contributed by atoms with Crippen molar-refractivity contribution in [2.45, 2.75) is 6.54 Å². The topological polar surface area (TPSA) is 52.8 Å². The maximum absolute atomic E-state index is 6.26. The predicted octanol–water partition coefficient (Wildman–Crippen LogP) is 5.63. The van der Waals surface area contributed by atoms with Crippen molar-refractivity contribution in [1.82, 2.24) is 19.5 Å². The Hall–Kier alpha value is -2.34. The van der Waals surface area contributed by atoms with E-state index in [-0.39, 0.29) is 0 Å². The summed E-state index contributed by atoms with van der Waals surface area (Å²) in [7, 11) is 0. The Labute approximate surface area is 164 Å². The Morgan fingerprint density at radius 2 is 1.62 bits per heavy atom. The van der Waals surface area contributed by atoms with Crippen LogP contribution in [-0.2, 0) is 6.54 Å². The molecule has 0 aliphatic heterocycles. The Kier molecular flexibility index (Phi) is 4.68. The summed E-state index contributed by atoms with van der Waals surface area (Å²) < 4.78 is 7.67. The molecule has 0 spiro atoms. The summed E-state index contributed by atoms with van der Waals surface area (Å²) in [5.74, 6) is 0.972. The molecule has 0 fully saturated rings. The normalized spacial score (nSPS) is 11.0. The molecule has 5 nitrogen and oxygen atoms in total. The van der Waals surface area contributed by atoms with Gasteiger partial charge >= 0.3 is 0 Å². The molecule has 0 radical (unpaired) electrons. The second kappa shape index (κ2) is 7.11. The van der Waals surface area contributed by atoms with E-state index >= 15 is 0 Å². The number of benzene rings is 2. The minimum absolute atomic E-state index is 0.362. The second-order valence-corrected chi connectivity index (χ2v) is 6.73. The molecule has 0 saturated carbocycles. The van der Waals surface area contributed by atoms with Crippen LogP contribution < -0.4 is 4.74 Å². The maximum atomic E-state index is 6.26. The molecule has 0 N–H and O–H groups in total. The van der Waals surface area contributed by atoms with Crippen LogP contribution in [-0.4, -0.2) is 19.5 Å². The standard InChI is InChI=1S/C18H11Cl3N4O/c19-11-4-6-12(7-5-11)26-18-16-17(22-9-23-18)25(10-24-16)8-13-14(20)2-1-3-15(13)21/h1-7,9-10H,8H2. The van der Waals surface area contributed by atoms with Gasteiger partial charge in [-0.05, 0) is 36.4 Å². The summed E-state index contributed by atoms with van der Waals surface area (Å²) in [6.07, 6.45) is 3.09. The van der Waals surface area contributed by atoms with E-state index in [4.69, 9.17) is 39.5 Å². The number of imidazole rings is 1. The van der Waals surface area contributed by atoms with Gasteiger partial charge in [-0.2, -0.15) is 4.98 Å². The fourth-order valence-corrected chi connectivity index (χ4v) is 3.16. The largest absolute Gasteiger partial charge is 0.437 e. The smallest absolute Gasteiger partial charge is 0.250 e. The van der Waals surface area contributed by atoms with Crippen LogP contribution in [0.2, 0.25) is 15.1 Å². The summed E-state index contributed by atoms with van der Waals surface area (Å²) in [6, 6.07) is 12.4. The zero-order valence-electron chi connectivity index (χ0n) is 13.2. The Bertz CT molecular complexity index is 1060. The van der Waals surface area contributed by atoms with Gasteiger partial charge in [-0.15, -0.1) is 0 Å². The van der Waals surface area contributed by atoms with Gasteiger partial charge in [0.1, 0.15) is 12.1 Å². The molecule has 4 aromatic rings. The first kappa shape index (κ1) is 17.1. The molecule has 0 saturated heterocycles. The molecular weight excluding hydrogens is 395 g/mol. The van der Waals surface area contributed by atoms with Crippen molar-refractivity contribution in [3.63, 3.8) is 0 Å². The van der Waals surface area contributed by atoms with Gasteiger partial charge in [0.2, 0.25) is 0 Å². The number of hydrogen-bond acceptors (Lipinski definition) is 4. The molecule has 0 aliphatic rings. The third-order valence-corrected chi connectivity index (χ3v) is 4.75. The molecule has 0 amide bonds. The molecule has 0 atom stereocenters. The van der Waals surface area contributed by atoms with Gasteiger partial charge in [-0.1, -0.05) is 40.9 Å². The van der Waals surface area contributed by atoms with E-state index in [2.05, 4.69) is 15.0 Å². The summed E-state index contributed by atoms with van der Waals surface area (Å²) in [6.45, 7) is 0.437. The summed E-state index contributed by atoms with van der Waals surface area (Å²) in [5.41, 5.74) is 1.97. The van der Waals surface area contributed by atoms with Crippen LogP contribution in [0, 0.1) is 0 Å². The number of rotatable bonds is 4. The molecule has 0 bridgehead atoms. The third-order valence-electron chi connectivity index (χ3n) is 3.79. The number of aromatic nitrogens is 4. The highest BCUT2D eigenvalue weighted by Gasteiger charge is 2.14. The molecule has 8 heteroatoms. The van der Waals surface area contributed by atoms with E-state index in [0.29, 0.717) is 44.4 Å². The van der Waals surface area contributed by atoms with Gasteiger partial charge in [-0.3, -0.25) is 0 Å². The molecule has 2 aromatic heterocycles. The quantitative estimate of drug-likeness (QED) is 0.442. The monoisotopic (exact) mass is 404 g/mol. The molecule has 4 rings (SSSR count). The van der Waals surface area contributed by atoms with Crippen molar-refractivity contribution in [1.29, 1.82) is 0 Å². The minimum Gasteiger partial charge on any atom is -0.437 e. The van der Waals surface area contributed by atoms with E-state index in [1.54, 1.807) is 48.8 Å². The molecule has 2 aromatic carbocycles. The van der Waals surface area contributed by atoms with Crippen molar-refractivity contribution < 1.29 is 4.74 Å². The van der Waals surface area contributed by atoms with E-state index in [9.17, 15) is 0 Å². The highest BCUT2D eigenvalue weighted by Crippen LogP contribution is 2.29. The fraction of sp³-hybridized carbons (Fsp3) is 0.0556. The average Bonchev–Trinajstić information content (AvgIpc) is 3.04. The predicted molar refractivity (Wildman–Crippen MR) is 102 cm³/mol. The second-order valence-electron chi connectivity index (χ2n) is 5.48. The Morgan fingerprint density at radius 1 is 0.885 bits per heavy atom. The van der Waals surface area contributed by atoms with E-state index in [0.717, 1.165) is 5.56 Å². The van der Waals surface area contributed by atoms with Gasteiger partial charge in [0, 0.05) is 20.6 Å². The summed E-state index contributed by atoms with van der Waals surface area (Å²) >= 11 is 18.4. The Morgan fingerprint density at radius 3 is 2.35 bits per heavy atom. The van der Waals surface area contributed by atoms with Crippen molar-refractivity contribution in [2.75, 3.05) is 0 Å². The maximum Gasteiger partial charge on any atom is 0.250 e. The first-order valence-electron chi connectivity index (χ1n) is 7.64. The zero-order chi connectivity index (χ0) is 18.1. The molecule has 130 valence electrons. The van der Waals surface area contributed by atoms with Gasteiger partial charge in [-0.25, -0.2) is 9.97 Å². The molecule has 0 aliphatic carbocycles. The van der Waals surface area contributed by atoms with Crippen LogP contribution in [0.25, 0.3) is 11.2 Å². The lowest BCUT2D eigenvalue weighted by Gasteiger charge is -2.09. The van der Waals surface area contributed by atoms with Gasteiger partial charge in [0.25, 0.3) is 5.88 Å². The molecular formula is C18H11Cl3N4O. The van der Waals surface area contributed by atoms with E-state index in [1.165, 1.54) is 6.33 Å². The van der Waals surface area contributed by atoms with Crippen molar-refractivity contribution >= 4 is 46.0 Å². The Balaban J connectivity index is 1.70. The lowest BCUT2D eigenvalue weighted by atomic mass is 10.2. The first-order valence-corrected chi connectivity index (χ1v) is 8.77. The van der Waals surface area contributed by atoms with Crippen LogP contribution in [0.3, 0.4) is 0 Å². The number of fused-ring (bicyclic) bond motifs is 1. The fourth-order valence-electron chi connectivity index (χ4n) is 2.52. The molecule has 0 unspecified atom stereocenters. The first-order chi connectivity index (χ1) is 12.6. The van der Waals surface area contributed by atoms with Gasteiger partial charge < -0.3 is 9.30 Å². The van der Waals surface area contributed by atoms with Crippen LogP contribution >= 0.6 is 34.8 Å². The van der Waals surface area contributed by atoms with Crippen LogP contribution in [0.15, 0.2) is 55.1 Å². The van der Waals surface area contributed by atoms with Crippen LogP contribution in [0.4, 0.5) is 0 Å². The average molecular weight is 406 g/mol. The molecule has 26 heavy (non-hydrogen) atoms. The zero-order valence-corrected chi connectivity index (χ0v) is 15.5. The van der Waals surface area contributed by atoms with Crippen molar-refractivity contribution in [3.05, 3.63) is 75.8 Å². The number of hydrogen-bond donors (Lipinski definition) is 0. The van der Waals surface area contributed by atoms with Crippen LogP contribution in [0.5, 0.6) is 11.6 Å². The van der Waals surface area contributed by atoms with Crippen molar-refractivity contribution in [2.24, 2.45) is 0 Å².